The van der Waals surface area contributed by atoms with Gasteiger partial charge >= 0.3 is 5.97 Å². The van der Waals surface area contributed by atoms with Crippen molar-refractivity contribution < 1.29 is 40.5 Å². The van der Waals surface area contributed by atoms with Gasteiger partial charge in [0, 0.05) is 6.42 Å². The highest BCUT2D eigenvalue weighted by molar-refractivity contribution is 5.66. The first-order valence-corrected chi connectivity index (χ1v) is 9.21. The van der Waals surface area contributed by atoms with Crippen LogP contribution < -0.4 is 0 Å². The number of hydrogen-bond donors (Lipinski definition) is 7. The van der Waals surface area contributed by atoms with Crippen LogP contribution in [0.3, 0.4) is 0 Å². The molecule has 0 unspecified atom stereocenters. The van der Waals surface area contributed by atoms with Crippen LogP contribution in [0.2, 0.25) is 0 Å². The van der Waals surface area contributed by atoms with Gasteiger partial charge in [0.15, 0.2) is 0 Å². The molecule has 160 valence electrons. The molecule has 8 heteroatoms. The van der Waals surface area contributed by atoms with Crippen LogP contribution >= 0.6 is 0 Å². The highest BCUT2D eigenvalue weighted by Crippen LogP contribution is 2.14. The summed E-state index contributed by atoms with van der Waals surface area (Å²) in [5, 5.41) is 67.0. The summed E-state index contributed by atoms with van der Waals surface area (Å²) in [6, 6.07) is 0. The zero-order chi connectivity index (χ0) is 21.7. The standard InChI is InChI=1S/C20H32O8/c1-2-3-4-5-8-11-18(23,24)13-15-20(27,28)16-14-19(25,26)12-9-6-7-10-17(21)22/h8-9,11-16,23-28H,2-7,10H2,1H3,(H,21,22)/b11-8-,12-9-,15-13-,16-14-. The second kappa shape index (κ2) is 12.6. The number of allylic oxidation sites excluding steroid dienone is 2. The molecule has 0 rings (SSSR count). The summed E-state index contributed by atoms with van der Waals surface area (Å²) in [5.74, 6) is -8.47. The first-order chi connectivity index (χ1) is 12.9. The predicted molar refractivity (Wildman–Crippen MR) is 104 cm³/mol. The van der Waals surface area contributed by atoms with Crippen molar-refractivity contribution in [2.75, 3.05) is 0 Å². The van der Waals surface area contributed by atoms with E-state index >= 15 is 0 Å². The maximum Gasteiger partial charge on any atom is 0.303 e. The van der Waals surface area contributed by atoms with E-state index in [1.165, 1.54) is 6.08 Å². The second-order valence-electron chi connectivity index (χ2n) is 6.60. The minimum atomic E-state index is -2.65. The molecule has 7 N–H and O–H groups in total. The predicted octanol–water partition coefficient (Wildman–Crippen LogP) is 1.09. The fourth-order valence-electron chi connectivity index (χ4n) is 2.05. The van der Waals surface area contributed by atoms with Crippen molar-refractivity contribution in [3.05, 3.63) is 48.6 Å². The average Bonchev–Trinajstić information content (AvgIpc) is 2.58. The van der Waals surface area contributed by atoms with Gasteiger partial charge in [-0.1, -0.05) is 31.9 Å². The van der Waals surface area contributed by atoms with Crippen LogP contribution in [-0.4, -0.2) is 59.1 Å². The summed E-state index contributed by atoms with van der Waals surface area (Å²) in [5.41, 5.74) is 0. The van der Waals surface area contributed by atoms with Crippen molar-refractivity contribution in [3.8, 4) is 0 Å². The maximum absolute atomic E-state index is 10.4. The minimum Gasteiger partial charge on any atom is -0.481 e. The lowest BCUT2D eigenvalue weighted by atomic mass is 10.1. The number of aliphatic hydroxyl groups is 6. The van der Waals surface area contributed by atoms with Crippen LogP contribution in [0.1, 0.15) is 51.9 Å². The molecule has 0 aromatic rings. The molecule has 0 amide bonds. The van der Waals surface area contributed by atoms with E-state index < -0.39 is 23.3 Å². The monoisotopic (exact) mass is 400 g/mol. The first-order valence-electron chi connectivity index (χ1n) is 9.21. The zero-order valence-electron chi connectivity index (χ0n) is 16.1. The molecule has 8 nitrogen and oxygen atoms in total. The summed E-state index contributed by atoms with van der Waals surface area (Å²) in [4.78, 5) is 10.4. The Morgan fingerprint density at radius 1 is 0.679 bits per heavy atom. The minimum absolute atomic E-state index is 0.0532. The highest BCUT2D eigenvalue weighted by atomic mass is 16.5. The summed E-state index contributed by atoms with van der Waals surface area (Å²) >= 11 is 0. The fraction of sp³-hybridized carbons (Fsp3) is 0.550. The third kappa shape index (κ3) is 15.3. The number of hydrogen-bond acceptors (Lipinski definition) is 7. The third-order valence-corrected chi connectivity index (χ3v) is 3.61. The van der Waals surface area contributed by atoms with Crippen LogP contribution in [0.15, 0.2) is 48.6 Å². The largest absolute Gasteiger partial charge is 0.481 e. The Morgan fingerprint density at radius 3 is 1.46 bits per heavy atom. The molecule has 0 heterocycles. The van der Waals surface area contributed by atoms with Crippen molar-refractivity contribution in [3.63, 3.8) is 0 Å². The van der Waals surface area contributed by atoms with Crippen molar-refractivity contribution in [1.82, 2.24) is 0 Å². The third-order valence-electron chi connectivity index (χ3n) is 3.61. The van der Waals surface area contributed by atoms with E-state index in [0.717, 1.165) is 37.5 Å². The Morgan fingerprint density at radius 2 is 1.07 bits per heavy atom. The van der Waals surface area contributed by atoms with E-state index in [9.17, 15) is 35.4 Å². The van der Waals surface area contributed by atoms with Gasteiger partial charge in [0.25, 0.3) is 0 Å². The van der Waals surface area contributed by atoms with Crippen LogP contribution in [0, 0.1) is 0 Å². The lowest BCUT2D eigenvalue weighted by molar-refractivity contribution is -0.137. The van der Waals surface area contributed by atoms with Gasteiger partial charge in [0.2, 0.25) is 17.4 Å². The maximum atomic E-state index is 10.4. The van der Waals surface area contributed by atoms with E-state index in [1.54, 1.807) is 6.08 Å². The van der Waals surface area contributed by atoms with Gasteiger partial charge in [-0.3, -0.25) is 4.79 Å². The van der Waals surface area contributed by atoms with Gasteiger partial charge in [-0.05, 0) is 62.1 Å². The van der Waals surface area contributed by atoms with E-state index in [4.69, 9.17) is 5.11 Å². The number of unbranched alkanes of at least 4 members (excludes halogenated alkanes) is 4. The molecule has 0 aromatic carbocycles. The smallest absolute Gasteiger partial charge is 0.303 e. The molecule has 0 aliphatic carbocycles. The van der Waals surface area contributed by atoms with Gasteiger partial charge < -0.3 is 35.7 Å². The molecule has 0 atom stereocenters. The van der Waals surface area contributed by atoms with Crippen LogP contribution in [0.25, 0.3) is 0 Å². The SMILES string of the molecule is CCCCC/C=C\C(O)(O)/C=C\C(O)(O)/C=C\C(O)(O)/C=C\CCCC(=O)O. The Labute approximate surface area is 165 Å². The Balaban J connectivity index is 4.71. The molecular weight excluding hydrogens is 368 g/mol. The Bertz CT molecular complexity index is 571. The molecule has 0 spiro atoms. The van der Waals surface area contributed by atoms with Crippen molar-refractivity contribution in [2.24, 2.45) is 0 Å². The van der Waals surface area contributed by atoms with Crippen LogP contribution in [0.4, 0.5) is 0 Å². The molecule has 0 bridgehead atoms. The van der Waals surface area contributed by atoms with Gasteiger partial charge in [0.1, 0.15) is 0 Å². The Kier molecular flexibility index (Phi) is 11.8. The van der Waals surface area contributed by atoms with Gasteiger partial charge in [-0.15, -0.1) is 0 Å². The quantitative estimate of drug-likeness (QED) is 0.130. The van der Waals surface area contributed by atoms with Gasteiger partial charge in [-0.25, -0.2) is 0 Å². The molecule has 0 fully saturated rings. The first kappa shape index (κ1) is 26.2. The van der Waals surface area contributed by atoms with Crippen LogP contribution in [-0.2, 0) is 4.79 Å². The number of aliphatic carboxylic acids is 1. The second-order valence-corrected chi connectivity index (χ2v) is 6.60. The van der Waals surface area contributed by atoms with E-state index in [1.807, 2.05) is 6.92 Å². The number of carboxylic acids is 1. The summed E-state index contributed by atoms with van der Waals surface area (Å²) in [6.45, 7) is 2.05. The lowest BCUT2D eigenvalue weighted by Gasteiger charge is -2.18. The molecule has 0 aromatic heterocycles. The van der Waals surface area contributed by atoms with Crippen molar-refractivity contribution >= 4 is 5.97 Å². The van der Waals surface area contributed by atoms with E-state index in [-0.39, 0.29) is 6.42 Å². The molecule has 0 aliphatic heterocycles. The van der Waals surface area contributed by atoms with Crippen molar-refractivity contribution in [1.29, 1.82) is 0 Å². The summed E-state index contributed by atoms with van der Waals surface area (Å²) in [6.07, 6.45) is 12.0. The normalized spacial score (nSPS) is 14.2. The number of rotatable bonds is 14. The molecule has 0 saturated carbocycles. The fourth-order valence-corrected chi connectivity index (χ4v) is 2.05. The van der Waals surface area contributed by atoms with Gasteiger partial charge in [-0.2, -0.15) is 0 Å². The summed E-state index contributed by atoms with van der Waals surface area (Å²) < 4.78 is 0. The van der Waals surface area contributed by atoms with E-state index in [2.05, 4.69) is 0 Å². The highest BCUT2D eigenvalue weighted by Gasteiger charge is 2.22. The topological polar surface area (TPSA) is 159 Å². The van der Waals surface area contributed by atoms with Crippen molar-refractivity contribution in [2.45, 2.75) is 69.2 Å². The molecule has 0 aliphatic rings. The van der Waals surface area contributed by atoms with Crippen LogP contribution in [0.5, 0.6) is 0 Å². The molecule has 0 saturated heterocycles. The molecule has 0 radical (unpaired) electrons. The van der Waals surface area contributed by atoms with E-state index in [0.29, 0.717) is 37.5 Å². The number of carboxylic acid groups (broad SMARTS) is 1. The Hall–Kier alpha value is -1.81. The average molecular weight is 400 g/mol. The molecule has 28 heavy (non-hydrogen) atoms. The van der Waals surface area contributed by atoms with Gasteiger partial charge in [0.05, 0.1) is 0 Å². The molecular formula is C20H32O8. The zero-order valence-corrected chi connectivity index (χ0v) is 16.1. The summed E-state index contributed by atoms with van der Waals surface area (Å²) in [7, 11) is 0. The number of carbonyl (C=O) groups is 1. The lowest BCUT2D eigenvalue weighted by Crippen LogP contribution is -2.29.